The van der Waals surface area contributed by atoms with Gasteiger partial charge in [0.1, 0.15) is 5.75 Å². The summed E-state index contributed by atoms with van der Waals surface area (Å²) in [6, 6.07) is 14.5. The lowest BCUT2D eigenvalue weighted by Crippen LogP contribution is -2.40. The molecule has 0 saturated heterocycles. The van der Waals surface area contributed by atoms with Crippen molar-refractivity contribution in [3.63, 3.8) is 0 Å². The van der Waals surface area contributed by atoms with Crippen LogP contribution in [-0.4, -0.2) is 31.4 Å². The van der Waals surface area contributed by atoms with E-state index in [1.165, 1.54) is 24.0 Å². The van der Waals surface area contributed by atoms with E-state index in [0.29, 0.717) is 29.9 Å². The summed E-state index contributed by atoms with van der Waals surface area (Å²) in [5.41, 5.74) is 9.96. The Morgan fingerprint density at radius 3 is 2.64 bits per heavy atom. The monoisotopic (exact) mass is 550 g/mol. The van der Waals surface area contributed by atoms with Crippen molar-refractivity contribution >= 4 is 24.2 Å². The Hall–Kier alpha value is -2.40. The molecule has 5 heteroatoms. The quantitative estimate of drug-likeness (QED) is 0.209. The molecule has 39 heavy (non-hydrogen) atoms. The predicted molar refractivity (Wildman–Crippen MR) is 169 cm³/mol. The molecule has 4 atom stereocenters. The fourth-order valence-electron chi connectivity index (χ4n) is 5.67. The molecule has 0 spiro atoms. The van der Waals surface area contributed by atoms with Crippen LogP contribution in [0.15, 0.2) is 54.6 Å². The molecule has 0 bridgehead atoms. The van der Waals surface area contributed by atoms with E-state index in [2.05, 4.69) is 67.8 Å². The first-order valence-corrected chi connectivity index (χ1v) is 15.7. The highest BCUT2D eigenvalue weighted by Gasteiger charge is 2.33. The Bertz CT molecular complexity index is 1070. The molecule has 2 N–H and O–H groups in total. The summed E-state index contributed by atoms with van der Waals surface area (Å²) in [6.45, 7) is 11.1. The molecule has 1 unspecified atom stereocenters. The fourth-order valence-corrected chi connectivity index (χ4v) is 5.82. The highest BCUT2D eigenvalue weighted by Crippen LogP contribution is 2.41. The van der Waals surface area contributed by atoms with Gasteiger partial charge < -0.3 is 15.4 Å². The number of allylic oxidation sites excluding steroid dienone is 2. The number of hydrogen-bond acceptors (Lipinski definition) is 4. The molecular formula is C34H50N2O2S. The van der Waals surface area contributed by atoms with Crippen molar-refractivity contribution in [2.75, 3.05) is 30.3 Å². The Kier molecular flexibility index (Phi) is 12.8. The summed E-state index contributed by atoms with van der Waals surface area (Å²) in [7, 11) is 0. The van der Waals surface area contributed by atoms with Crippen LogP contribution in [0.2, 0.25) is 0 Å². The summed E-state index contributed by atoms with van der Waals surface area (Å²) in [4.78, 5) is 14.4. The van der Waals surface area contributed by atoms with Crippen molar-refractivity contribution in [1.29, 1.82) is 0 Å². The summed E-state index contributed by atoms with van der Waals surface area (Å²) in [5, 5.41) is 0. The molecule has 1 amide bonds. The maximum absolute atomic E-state index is 12.0. The van der Waals surface area contributed by atoms with Gasteiger partial charge in [-0.2, -0.15) is 12.6 Å². The third kappa shape index (κ3) is 9.34. The van der Waals surface area contributed by atoms with Crippen molar-refractivity contribution in [1.82, 2.24) is 0 Å². The normalized spacial score (nSPS) is 21.2. The molecule has 4 rings (SSSR count). The Labute approximate surface area is 242 Å². The number of carbonyl (C=O) groups excluding carboxylic acids is 1. The maximum atomic E-state index is 12.0. The minimum atomic E-state index is -0.385. The number of thiol groups is 1. The molecule has 1 fully saturated rings. The van der Waals surface area contributed by atoms with Crippen molar-refractivity contribution in [3.8, 4) is 5.75 Å². The lowest BCUT2D eigenvalue weighted by molar-refractivity contribution is 0.1000. The molecule has 0 radical (unpaired) electrons. The van der Waals surface area contributed by atoms with Gasteiger partial charge in [0.2, 0.25) is 5.91 Å². The van der Waals surface area contributed by atoms with E-state index in [4.69, 9.17) is 10.5 Å². The second-order valence-corrected chi connectivity index (χ2v) is 11.7. The number of carbonyl (C=O) groups is 1. The topological polar surface area (TPSA) is 55.6 Å². The number of amides is 1. The first-order chi connectivity index (χ1) is 18.9. The Morgan fingerprint density at radius 2 is 1.95 bits per heavy atom. The van der Waals surface area contributed by atoms with Gasteiger partial charge in [-0.15, -0.1) is 0 Å². The molecule has 214 valence electrons. The fraction of sp³-hybridized carbons (Fsp3) is 0.559. The molecule has 0 aromatic heterocycles. The van der Waals surface area contributed by atoms with Gasteiger partial charge in [-0.05, 0) is 99.1 Å². The van der Waals surface area contributed by atoms with Crippen LogP contribution in [0.4, 0.5) is 5.69 Å². The number of fused-ring (bicyclic) bond motifs is 1. The summed E-state index contributed by atoms with van der Waals surface area (Å²) in [6.07, 6.45) is 12.9. The lowest BCUT2D eigenvalue weighted by Gasteiger charge is -2.41. The van der Waals surface area contributed by atoms with Crippen LogP contribution in [-0.2, 0) is 6.42 Å². The molecular weight excluding hydrogens is 500 g/mol. The van der Waals surface area contributed by atoms with Crippen LogP contribution in [0.5, 0.6) is 5.75 Å². The van der Waals surface area contributed by atoms with E-state index in [0.717, 1.165) is 68.3 Å². The average molecular weight is 551 g/mol. The largest absolute Gasteiger partial charge is 0.491 e. The Morgan fingerprint density at radius 1 is 1.15 bits per heavy atom. The second-order valence-electron chi connectivity index (χ2n) is 11.3. The molecule has 1 saturated carbocycles. The van der Waals surface area contributed by atoms with Crippen LogP contribution in [0.1, 0.15) is 80.8 Å². The van der Waals surface area contributed by atoms with E-state index in [9.17, 15) is 4.79 Å². The maximum Gasteiger partial charge on any atom is 0.248 e. The zero-order valence-corrected chi connectivity index (χ0v) is 25.5. The van der Waals surface area contributed by atoms with E-state index < -0.39 is 0 Å². The number of primary amides is 1. The van der Waals surface area contributed by atoms with Gasteiger partial charge in [-0.25, -0.2) is 0 Å². The van der Waals surface area contributed by atoms with Gasteiger partial charge in [0.15, 0.2) is 0 Å². The first-order valence-electron chi connectivity index (χ1n) is 15.1. The van der Waals surface area contributed by atoms with Gasteiger partial charge in [0, 0.05) is 24.6 Å². The molecule has 4 nitrogen and oxygen atoms in total. The average Bonchev–Trinajstić information content (AvgIpc) is 3.10. The number of hydrogen-bond donors (Lipinski definition) is 2. The van der Waals surface area contributed by atoms with Crippen LogP contribution in [0.3, 0.4) is 0 Å². The summed E-state index contributed by atoms with van der Waals surface area (Å²) < 4.78 is 6.31. The van der Waals surface area contributed by atoms with Crippen LogP contribution in [0.25, 0.3) is 0 Å². The number of rotatable bonds is 12. The molecule has 2 aromatic rings. The van der Waals surface area contributed by atoms with E-state index in [-0.39, 0.29) is 5.91 Å². The van der Waals surface area contributed by atoms with Crippen molar-refractivity contribution in [3.05, 3.63) is 71.3 Å². The van der Waals surface area contributed by atoms with Crippen LogP contribution < -0.4 is 15.4 Å². The summed E-state index contributed by atoms with van der Waals surface area (Å²) in [5.74, 6) is 3.92. The SMILES string of the molecule is CC.Cc1cccc(CCCC2COc3ccc(C(N)=O)cc3N(C[C@@H]3CC[C@H]3C/C=C/C[C@H](C)CS)C2)c1. The molecule has 1 heterocycles. The van der Waals surface area contributed by atoms with Crippen molar-refractivity contribution < 1.29 is 9.53 Å². The zero-order valence-electron chi connectivity index (χ0n) is 24.6. The predicted octanol–water partition coefficient (Wildman–Crippen LogP) is 7.89. The third-order valence-electron chi connectivity index (χ3n) is 8.18. The van der Waals surface area contributed by atoms with E-state index in [1.807, 2.05) is 26.0 Å². The zero-order chi connectivity index (χ0) is 28.2. The minimum absolute atomic E-state index is 0.385. The van der Waals surface area contributed by atoms with Gasteiger partial charge >= 0.3 is 0 Å². The second kappa shape index (κ2) is 16.0. The van der Waals surface area contributed by atoms with Gasteiger partial charge in [0.05, 0.1) is 12.3 Å². The van der Waals surface area contributed by atoms with Crippen LogP contribution >= 0.6 is 12.6 Å². The summed E-state index contributed by atoms with van der Waals surface area (Å²) >= 11 is 4.40. The highest BCUT2D eigenvalue weighted by atomic mass is 32.1. The van der Waals surface area contributed by atoms with Crippen LogP contribution in [0, 0.1) is 30.6 Å². The smallest absolute Gasteiger partial charge is 0.248 e. The van der Waals surface area contributed by atoms with Gasteiger partial charge in [-0.1, -0.05) is 62.8 Å². The third-order valence-corrected chi connectivity index (χ3v) is 8.81. The van der Waals surface area contributed by atoms with E-state index in [1.54, 1.807) is 6.07 Å². The molecule has 1 aliphatic carbocycles. The van der Waals surface area contributed by atoms with Crippen molar-refractivity contribution in [2.24, 2.45) is 29.4 Å². The lowest BCUT2D eigenvalue weighted by atomic mass is 9.71. The molecule has 2 aromatic carbocycles. The first kappa shape index (κ1) is 31.1. The number of ether oxygens (including phenoxy) is 1. The molecule has 2 aliphatic rings. The van der Waals surface area contributed by atoms with E-state index >= 15 is 0 Å². The number of nitrogens with two attached hydrogens (primary N) is 1. The highest BCUT2D eigenvalue weighted by molar-refractivity contribution is 7.80. The number of anilines is 1. The Balaban J connectivity index is 0.00000205. The number of aryl methyl sites for hydroxylation is 2. The standard InChI is InChI=1S/C32H44N2O2S.C2H6/c1-23-8-5-9-25(17-23)10-6-11-26-19-34(30-18-28(32(33)35)15-16-31(30)36-21-26)20-29-14-13-27(29)12-4-3-7-24(2)22-37;1-2/h3-5,8-9,15-18,24,26-27,29,37H,6-7,10-14,19-22H2,1-2H3,(H2,33,35);1-2H3/b4-3+;/t24-,26?,27+,29-;/m0./s1. The molecule has 1 aliphatic heterocycles. The number of benzene rings is 2. The van der Waals surface area contributed by atoms with Crippen molar-refractivity contribution in [2.45, 2.75) is 72.6 Å². The minimum Gasteiger partial charge on any atom is -0.491 e. The number of nitrogens with zero attached hydrogens (tertiary/aromatic N) is 1. The van der Waals surface area contributed by atoms with Gasteiger partial charge in [-0.3, -0.25) is 4.79 Å². The van der Waals surface area contributed by atoms with Gasteiger partial charge in [0.25, 0.3) is 0 Å².